The molecule has 0 radical (unpaired) electrons. The summed E-state index contributed by atoms with van der Waals surface area (Å²) >= 11 is 1.33. The number of aromatic nitrogens is 1. The van der Waals surface area contributed by atoms with Crippen molar-refractivity contribution in [3.8, 4) is 0 Å². The highest BCUT2D eigenvalue weighted by Gasteiger charge is 2.26. The Balaban J connectivity index is 1.87. The number of aliphatic imine (C=N–C) groups is 1. The van der Waals surface area contributed by atoms with Crippen LogP contribution in [0.4, 0.5) is 0 Å². The van der Waals surface area contributed by atoms with E-state index in [0.717, 1.165) is 10.6 Å². The van der Waals surface area contributed by atoms with Crippen molar-refractivity contribution in [2.24, 2.45) is 10.9 Å². The molecule has 1 unspecified atom stereocenters. The maximum absolute atomic E-state index is 12.3. The molecule has 124 valence electrons. The van der Waals surface area contributed by atoms with E-state index in [4.69, 9.17) is 4.74 Å². The summed E-state index contributed by atoms with van der Waals surface area (Å²) in [5, 5.41) is 3.64. The third-order valence-electron chi connectivity index (χ3n) is 3.72. The first-order valence-electron chi connectivity index (χ1n) is 7.45. The number of allylic oxidation sites excluding steroid dienone is 3. The molecule has 2 aliphatic rings. The van der Waals surface area contributed by atoms with Gasteiger partial charge in [-0.2, -0.15) is 0 Å². The molecule has 6 nitrogen and oxygen atoms in total. The molecule has 0 spiro atoms. The normalized spacial score (nSPS) is 21.2. The Morgan fingerprint density at radius 1 is 1.42 bits per heavy atom. The van der Waals surface area contributed by atoms with Crippen molar-refractivity contribution < 1.29 is 14.3 Å². The maximum atomic E-state index is 12.3. The largest absolute Gasteiger partial charge is 0.380 e. The minimum absolute atomic E-state index is 0.0518. The summed E-state index contributed by atoms with van der Waals surface area (Å²) in [6, 6.07) is 0. The smallest absolute Gasteiger partial charge is 0.289 e. The minimum Gasteiger partial charge on any atom is -0.380 e. The van der Waals surface area contributed by atoms with Crippen LogP contribution in [0.2, 0.25) is 0 Å². The number of carbonyl (C=O) groups is 2. The molecule has 3 rings (SSSR count). The lowest BCUT2D eigenvalue weighted by atomic mass is 9.88. The van der Waals surface area contributed by atoms with Gasteiger partial charge in [-0.25, -0.2) is 9.98 Å². The first kappa shape index (κ1) is 16.5. The molecule has 24 heavy (non-hydrogen) atoms. The van der Waals surface area contributed by atoms with Crippen LogP contribution in [-0.2, 0) is 9.53 Å². The van der Waals surface area contributed by atoms with Crippen molar-refractivity contribution in [3.05, 3.63) is 51.2 Å². The molecular weight excluding hydrogens is 326 g/mol. The van der Waals surface area contributed by atoms with Crippen molar-refractivity contribution >= 4 is 28.9 Å². The fourth-order valence-corrected chi connectivity index (χ4v) is 3.54. The predicted octanol–water partition coefficient (Wildman–Crippen LogP) is 2.11. The van der Waals surface area contributed by atoms with Crippen LogP contribution in [0.3, 0.4) is 0 Å². The molecule has 1 aromatic heterocycles. The number of thiazole rings is 1. The quantitative estimate of drug-likeness (QED) is 0.911. The average molecular weight is 343 g/mol. The van der Waals surface area contributed by atoms with Crippen molar-refractivity contribution in [1.82, 2.24) is 10.3 Å². The summed E-state index contributed by atoms with van der Waals surface area (Å²) in [4.78, 5) is 33.1. The van der Waals surface area contributed by atoms with Crippen LogP contribution in [0.1, 0.15) is 20.4 Å². The predicted molar refractivity (Wildman–Crippen MR) is 92.2 cm³/mol. The van der Waals surface area contributed by atoms with Crippen molar-refractivity contribution in [2.45, 2.75) is 13.8 Å². The van der Waals surface area contributed by atoms with Gasteiger partial charge in [0.15, 0.2) is 0 Å². The summed E-state index contributed by atoms with van der Waals surface area (Å²) < 4.78 is 5.14. The summed E-state index contributed by atoms with van der Waals surface area (Å²) in [7, 11) is 1.59. The highest BCUT2D eigenvalue weighted by Crippen LogP contribution is 2.27. The van der Waals surface area contributed by atoms with E-state index < -0.39 is 0 Å². The first-order chi connectivity index (χ1) is 11.5. The second-order valence-electron chi connectivity index (χ2n) is 5.57. The number of hydrogen-bond donors (Lipinski definition) is 1. The van der Waals surface area contributed by atoms with Crippen molar-refractivity contribution in [1.29, 1.82) is 0 Å². The zero-order valence-corrected chi connectivity index (χ0v) is 14.4. The highest BCUT2D eigenvalue weighted by molar-refractivity contribution is 7.13. The summed E-state index contributed by atoms with van der Waals surface area (Å²) in [6.45, 7) is 4.03. The standard InChI is InChI=1S/C17H17N3O3S/c1-9-16(24-10(2)18-9)17(22)19-12-4-5-13-11(8-23-3)6-15(21)20-14(13)7-12/h4-7,13H,8H2,1-3H3,(H,20,21). The number of nitrogens with one attached hydrogen (secondary N) is 1. The molecule has 1 aromatic rings. The molecule has 1 N–H and O–H groups in total. The van der Waals surface area contributed by atoms with E-state index >= 15 is 0 Å². The number of methoxy groups -OCH3 is 1. The van der Waals surface area contributed by atoms with Crippen molar-refractivity contribution in [2.75, 3.05) is 13.7 Å². The van der Waals surface area contributed by atoms with E-state index in [0.29, 0.717) is 28.6 Å². The van der Waals surface area contributed by atoms with E-state index in [1.807, 2.05) is 13.0 Å². The third-order valence-corrected chi connectivity index (χ3v) is 4.78. The van der Waals surface area contributed by atoms with Crippen LogP contribution >= 0.6 is 11.3 Å². The van der Waals surface area contributed by atoms with Gasteiger partial charge in [-0.3, -0.25) is 9.59 Å². The zero-order valence-electron chi connectivity index (χ0n) is 13.6. The van der Waals surface area contributed by atoms with Crippen LogP contribution < -0.4 is 5.32 Å². The molecule has 0 saturated carbocycles. The number of nitrogens with zero attached hydrogens (tertiary/aromatic N) is 2. The molecule has 0 bridgehead atoms. The fraction of sp³-hybridized carbons (Fsp3) is 0.294. The number of amides is 2. The molecule has 2 heterocycles. The Morgan fingerprint density at radius 2 is 2.21 bits per heavy atom. The second kappa shape index (κ2) is 6.62. The second-order valence-corrected chi connectivity index (χ2v) is 6.77. The Kier molecular flexibility index (Phi) is 4.55. The van der Waals surface area contributed by atoms with Gasteiger partial charge in [0.1, 0.15) is 4.88 Å². The average Bonchev–Trinajstić information content (AvgIpc) is 2.86. The topological polar surface area (TPSA) is 80.6 Å². The summed E-state index contributed by atoms with van der Waals surface area (Å²) in [5.41, 5.74) is 2.79. The van der Waals surface area contributed by atoms with Gasteiger partial charge >= 0.3 is 0 Å². The fourth-order valence-electron chi connectivity index (χ4n) is 2.73. The van der Waals surface area contributed by atoms with Gasteiger partial charge in [0, 0.05) is 24.8 Å². The molecule has 1 atom stereocenters. The first-order valence-corrected chi connectivity index (χ1v) is 8.27. The summed E-state index contributed by atoms with van der Waals surface area (Å²) in [6.07, 6.45) is 6.98. The lowest BCUT2D eigenvalue weighted by molar-refractivity contribution is -0.116. The lowest BCUT2D eigenvalue weighted by Gasteiger charge is -2.27. The van der Waals surface area contributed by atoms with E-state index in [2.05, 4.69) is 15.3 Å². The van der Waals surface area contributed by atoms with E-state index in [-0.39, 0.29) is 17.7 Å². The van der Waals surface area contributed by atoms with Gasteiger partial charge in [-0.05, 0) is 31.6 Å². The monoisotopic (exact) mass is 343 g/mol. The number of ether oxygens (including phenoxy) is 1. The van der Waals surface area contributed by atoms with E-state index in [1.165, 1.54) is 11.3 Å². The van der Waals surface area contributed by atoms with E-state index in [1.54, 1.807) is 32.3 Å². The molecule has 0 aromatic carbocycles. The molecule has 1 aliphatic carbocycles. The van der Waals surface area contributed by atoms with Crippen LogP contribution in [0, 0.1) is 19.8 Å². The number of hydrogen-bond acceptors (Lipinski definition) is 5. The number of rotatable bonds is 3. The third kappa shape index (κ3) is 3.27. The molecule has 2 amide bonds. The Hall–Kier alpha value is -2.38. The highest BCUT2D eigenvalue weighted by atomic mass is 32.1. The van der Waals surface area contributed by atoms with Crippen LogP contribution in [0.15, 0.2) is 40.6 Å². The van der Waals surface area contributed by atoms with Gasteiger partial charge in [0.2, 0.25) is 5.91 Å². The van der Waals surface area contributed by atoms with Gasteiger partial charge in [0.25, 0.3) is 5.91 Å². The SMILES string of the molecule is COCC1=CC(=O)NC2=CC(=NC(=O)c3sc(C)nc3C)C=CC12. The maximum Gasteiger partial charge on any atom is 0.289 e. The molecule has 1 aliphatic heterocycles. The van der Waals surface area contributed by atoms with Gasteiger partial charge in [-0.15, -0.1) is 11.3 Å². The minimum atomic E-state index is -0.317. The van der Waals surface area contributed by atoms with Gasteiger partial charge in [-0.1, -0.05) is 6.08 Å². The molecule has 0 saturated heterocycles. The van der Waals surface area contributed by atoms with Gasteiger partial charge in [0.05, 0.1) is 23.0 Å². The van der Waals surface area contributed by atoms with Gasteiger partial charge < -0.3 is 10.1 Å². The number of aryl methyl sites for hydroxylation is 2. The lowest BCUT2D eigenvalue weighted by Crippen LogP contribution is -2.34. The Labute approximate surface area is 143 Å². The van der Waals surface area contributed by atoms with Crippen molar-refractivity contribution in [3.63, 3.8) is 0 Å². The van der Waals surface area contributed by atoms with Crippen LogP contribution in [0.5, 0.6) is 0 Å². The Morgan fingerprint density at radius 3 is 2.88 bits per heavy atom. The van der Waals surface area contributed by atoms with E-state index in [9.17, 15) is 9.59 Å². The number of carbonyl (C=O) groups excluding carboxylic acids is 2. The van der Waals surface area contributed by atoms with Crippen LogP contribution in [0.25, 0.3) is 0 Å². The number of fused-ring (bicyclic) bond motifs is 1. The molecule has 0 fully saturated rings. The van der Waals surface area contributed by atoms with Crippen LogP contribution in [-0.4, -0.2) is 36.2 Å². The summed E-state index contributed by atoms with van der Waals surface area (Å²) in [5.74, 6) is -0.564. The molecule has 7 heteroatoms. The zero-order chi connectivity index (χ0) is 17.3. The molecular formula is C17H17N3O3S. The Bertz CT molecular complexity index is 830.